The van der Waals surface area contributed by atoms with Crippen molar-refractivity contribution in [1.29, 1.82) is 0 Å². The second-order valence-corrected chi connectivity index (χ2v) is 7.17. The first kappa shape index (κ1) is 16.1. The Morgan fingerprint density at radius 2 is 1.89 bits per heavy atom. The van der Waals surface area contributed by atoms with Crippen LogP contribution in [0.15, 0.2) is 43.0 Å². The van der Waals surface area contributed by atoms with Crippen molar-refractivity contribution in [2.45, 2.75) is 19.3 Å². The third-order valence-electron chi connectivity index (χ3n) is 5.34. The van der Waals surface area contributed by atoms with Gasteiger partial charge in [-0.2, -0.15) is 0 Å². The zero-order valence-electron chi connectivity index (χ0n) is 15.0. The molecule has 0 aromatic carbocycles. The maximum Gasteiger partial charge on any atom is 0.151 e. The summed E-state index contributed by atoms with van der Waals surface area (Å²) in [6.45, 7) is 2.91. The van der Waals surface area contributed by atoms with Crippen LogP contribution in [0.2, 0.25) is 0 Å². The van der Waals surface area contributed by atoms with Gasteiger partial charge in [-0.25, -0.2) is 9.97 Å². The summed E-state index contributed by atoms with van der Waals surface area (Å²) in [5.41, 5.74) is 4.43. The Kier molecular flexibility index (Phi) is 4.12. The summed E-state index contributed by atoms with van der Waals surface area (Å²) in [5.74, 6) is 2.56. The van der Waals surface area contributed by atoms with E-state index in [0.29, 0.717) is 5.92 Å². The number of hydrogen-bond donors (Lipinski definition) is 1. The van der Waals surface area contributed by atoms with E-state index in [1.807, 2.05) is 24.3 Å². The van der Waals surface area contributed by atoms with Crippen LogP contribution in [-0.4, -0.2) is 44.8 Å². The molecule has 3 aromatic rings. The number of hydrogen-bond acceptors (Lipinski definition) is 7. The summed E-state index contributed by atoms with van der Waals surface area (Å²) in [6, 6.07) is 7.95. The number of fused-ring (bicyclic) bond motifs is 1. The third-order valence-corrected chi connectivity index (χ3v) is 5.34. The molecule has 1 N–H and O–H groups in total. The van der Waals surface area contributed by atoms with Crippen molar-refractivity contribution < 1.29 is 0 Å². The number of anilines is 2. The van der Waals surface area contributed by atoms with Crippen molar-refractivity contribution in [3.8, 4) is 11.3 Å². The minimum atomic E-state index is 0.596. The molecule has 7 nitrogen and oxygen atoms in total. The van der Waals surface area contributed by atoms with Crippen molar-refractivity contribution >= 4 is 11.6 Å². The van der Waals surface area contributed by atoms with Crippen LogP contribution < -0.4 is 10.2 Å². The van der Waals surface area contributed by atoms with Crippen LogP contribution in [0, 0.1) is 5.92 Å². The highest BCUT2D eigenvalue weighted by molar-refractivity contribution is 5.59. The van der Waals surface area contributed by atoms with E-state index < -0.39 is 0 Å². The lowest BCUT2D eigenvalue weighted by atomic mass is 10.00. The smallest absolute Gasteiger partial charge is 0.151 e. The molecule has 0 bridgehead atoms. The van der Waals surface area contributed by atoms with Gasteiger partial charge in [-0.3, -0.25) is 4.98 Å². The SMILES string of the molecule is c1cc(-c2ccc(N3CC(CNc4ncnc5c4CCC5)C3)nn2)ccn1. The first-order valence-corrected chi connectivity index (χ1v) is 9.42. The topological polar surface area (TPSA) is 79.7 Å². The highest BCUT2D eigenvalue weighted by Gasteiger charge is 2.28. The molecule has 0 amide bonds. The maximum absolute atomic E-state index is 4.43. The predicted octanol–water partition coefficient (Wildman–Crippen LogP) is 2.37. The van der Waals surface area contributed by atoms with Crippen molar-refractivity contribution in [2.75, 3.05) is 29.9 Å². The van der Waals surface area contributed by atoms with Crippen molar-refractivity contribution in [3.63, 3.8) is 0 Å². The molecule has 1 fully saturated rings. The average molecular weight is 359 g/mol. The largest absolute Gasteiger partial charge is 0.369 e. The molecule has 2 aliphatic rings. The molecule has 27 heavy (non-hydrogen) atoms. The van der Waals surface area contributed by atoms with Gasteiger partial charge in [0.2, 0.25) is 0 Å². The normalized spacial score (nSPS) is 16.1. The second kappa shape index (κ2) is 6.90. The van der Waals surface area contributed by atoms with Gasteiger partial charge >= 0.3 is 0 Å². The van der Waals surface area contributed by atoms with Gasteiger partial charge in [0, 0.05) is 54.8 Å². The molecule has 1 aliphatic carbocycles. The Labute approximate surface area is 157 Å². The summed E-state index contributed by atoms with van der Waals surface area (Å²) >= 11 is 0. The van der Waals surface area contributed by atoms with Gasteiger partial charge in [0.25, 0.3) is 0 Å². The van der Waals surface area contributed by atoms with Crippen LogP contribution in [0.25, 0.3) is 11.3 Å². The Balaban J connectivity index is 1.16. The number of nitrogens with zero attached hydrogens (tertiary/aromatic N) is 6. The van der Waals surface area contributed by atoms with Crippen LogP contribution >= 0.6 is 0 Å². The Morgan fingerprint density at radius 3 is 2.70 bits per heavy atom. The molecule has 136 valence electrons. The van der Waals surface area contributed by atoms with E-state index in [4.69, 9.17) is 0 Å². The van der Waals surface area contributed by atoms with E-state index >= 15 is 0 Å². The first-order chi connectivity index (χ1) is 13.4. The van der Waals surface area contributed by atoms with Crippen molar-refractivity contribution in [1.82, 2.24) is 25.1 Å². The van der Waals surface area contributed by atoms with Gasteiger partial charge in [-0.15, -0.1) is 10.2 Å². The second-order valence-electron chi connectivity index (χ2n) is 7.17. The van der Waals surface area contributed by atoms with E-state index in [1.54, 1.807) is 18.7 Å². The lowest BCUT2D eigenvalue weighted by Gasteiger charge is -2.40. The van der Waals surface area contributed by atoms with Gasteiger partial charge in [-0.05, 0) is 43.5 Å². The lowest BCUT2D eigenvalue weighted by molar-refractivity contribution is 0.425. The van der Waals surface area contributed by atoms with Gasteiger partial charge in [0.05, 0.1) is 5.69 Å². The molecule has 0 spiro atoms. The van der Waals surface area contributed by atoms with Crippen LogP contribution in [-0.2, 0) is 12.8 Å². The molecular formula is C20H21N7. The quantitative estimate of drug-likeness (QED) is 0.749. The summed E-state index contributed by atoms with van der Waals surface area (Å²) in [4.78, 5) is 15.1. The summed E-state index contributed by atoms with van der Waals surface area (Å²) in [7, 11) is 0. The summed E-state index contributed by atoms with van der Waals surface area (Å²) in [5, 5.41) is 12.3. The zero-order valence-corrected chi connectivity index (χ0v) is 15.0. The Morgan fingerprint density at radius 1 is 1.00 bits per heavy atom. The molecule has 7 heteroatoms. The van der Waals surface area contributed by atoms with Crippen molar-refractivity contribution in [2.24, 2.45) is 5.92 Å². The molecule has 5 rings (SSSR count). The Bertz CT molecular complexity index is 921. The standard InChI is InChI=1S/C20H21N7/c1-2-16-18(3-1)23-13-24-20(16)22-10-14-11-27(12-14)19-5-4-17(25-26-19)15-6-8-21-9-7-15/h4-9,13-14H,1-3,10-12H2,(H,22,23,24). The van der Waals surface area contributed by atoms with E-state index in [1.165, 1.54) is 17.7 Å². The molecule has 0 radical (unpaired) electrons. The number of pyridine rings is 1. The Hall–Kier alpha value is -3.09. The number of rotatable bonds is 5. The minimum Gasteiger partial charge on any atom is -0.369 e. The van der Waals surface area contributed by atoms with Crippen molar-refractivity contribution in [3.05, 3.63) is 54.2 Å². The van der Waals surface area contributed by atoms with Crippen LogP contribution in [0.5, 0.6) is 0 Å². The minimum absolute atomic E-state index is 0.596. The third kappa shape index (κ3) is 3.20. The predicted molar refractivity (Wildman–Crippen MR) is 104 cm³/mol. The van der Waals surface area contributed by atoms with E-state index in [2.05, 4.69) is 35.4 Å². The average Bonchev–Trinajstić information content (AvgIpc) is 3.17. The maximum atomic E-state index is 4.43. The van der Waals surface area contributed by atoms with Gasteiger partial charge in [0.15, 0.2) is 5.82 Å². The molecule has 0 saturated carbocycles. The lowest BCUT2D eigenvalue weighted by Crippen LogP contribution is -2.50. The fourth-order valence-corrected chi connectivity index (χ4v) is 3.81. The number of aromatic nitrogens is 5. The molecule has 0 atom stereocenters. The monoisotopic (exact) mass is 359 g/mol. The zero-order chi connectivity index (χ0) is 18.1. The van der Waals surface area contributed by atoms with Crippen LogP contribution in [0.3, 0.4) is 0 Å². The van der Waals surface area contributed by atoms with Gasteiger partial charge in [0.1, 0.15) is 12.1 Å². The number of nitrogens with one attached hydrogen (secondary N) is 1. The van der Waals surface area contributed by atoms with Crippen LogP contribution in [0.4, 0.5) is 11.6 Å². The van der Waals surface area contributed by atoms with Gasteiger partial charge in [-0.1, -0.05) is 0 Å². The highest BCUT2D eigenvalue weighted by Crippen LogP contribution is 2.27. The molecule has 1 aliphatic heterocycles. The molecule has 0 unspecified atom stereocenters. The van der Waals surface area contributed by atoms with Gasteiger partial charge < -0.3 is 10.2 Å². The fourth-order valence-electron chi connectivity index (χ4n) is 3.81. The molecular weight excluding hydrogens is 338 g/mol. The number of aryl methyl sites for hydroxylation is 1. The fraction of sp³-hybridized carbons (Fsp3) is 0.350. The molecule has 3 aromatic heterocycles. The summed E-state index contributed by atoms with van der Waals surface area (Å²) < 4.78 is 0. The van der Waals surface area contributed by atoms with E-state index in [9.17, 15) is 0 Å². The van der Waals surface area contributed by atoms with E-state index in [-0.39, 0.29) is 0 Å². The molecule has 1 saturated heterocycles. The van der Waals surface area contributed by atoms with E-state index in [0.717, 1.165) is 55.4 Å². The van der Waals surface area contributed by atoms with Crippen LogP contribution in [0.1, 0.15) is 17.7 Å². The molecule has 4 heterocycles. The summed E-state index contributed by atoms with van der Waals surface area (Å²) in [6.07, 6.45) is 8.58. The first-order valence-electron chi connectivity index (χ1n) is 9.42. The highest BCUT2D eigenvalue weighted by atomic mass is 15.3.